The molecule has 0 saturated carbocycles. The summed E-state index contributed by atoms with van der Waals surface area (Å²) in [4.78, 5) is 4.96. The lowest BCUT2D eigenvalue weighted by Crippen LogP contribution is -2.55. The minimum absolute atomic E-state index is 0.527. The van der Waals surface area contributed by atoms with Crippen molar-refractivity contribution in [3.8, 4) is 0 Å². The quantitative estimate of drug-likeness (QED) is 0.808. The monoisotopic (exact) mass is 299 g/mol. The molecule has 1 aromatic carbocycles. The Morgan fingerprint density at radius 2 is 1.84 bits per heavy atom. The van der Waals surface area contributed by atoms with Crippen LogP contribution in [0.4, 0.5) is 11.4 Å². The van der Waals surface area contributed by atoms with E-state index in [1.165, 1.54) is 25.8 Å². The highest BCUT2D eigenvalue weighted by Gasteiger charge is 2.29. The van der Waals surface area contributed by atoms with Crippen molar-refractivity contribution in [1.82, 2.24) is 4.90 Å². The van der Waals surface area contributed by atoms with E-state index in [2.05, 4.69) is 9.80 Å². The Balaban J connectivity index is 1.81. The molecule has 2 aliphatic rings. The topological polar surface area (TPSA) is 32.5 Å². The van der Waals surface area contributed by atoms with Gasteiger partial charge < -0.3 is 10.6 Å². The van der Waals surface area contributed by atoms with Crippen LogP contribution in [-0.4, -0.2) is 37.1 Å². The maximum absolute atomic E-state index is 6.12. The van der Waals surface area contributed by atoms with Crippen LogP contribution in [0.15, 0.2) is 12.1 Å². The first-order valence-corrected chi connectivity index (χ1v) is 7.64. The van der Waals surface area contributed by atoms with E-state index in [-0.39, 0.29) is 0 Å². The molecule has 0 radical (unpaired) electrons. The lowest BCUT2D eigenvalue weighted by Gasteiger charge is -2.45. The van der Waals surface area contributed by atoms with Gasteiger partial charge in [-0.15, -0.1) is 0 Å². The summed E-state index contributed by atoms with van der Waals surface area (Å²) in [6, 6.07) is 4.32. The van der Waals surface area contributed by atoms with Crippen molar-refractivity contribution in [3.63, 3.8) is 0 Å². The highest BCUT2D eigenvalue weighted by atomic mass is 35.5. The van der Waals surface area contributed by atoms with Crippen molar-refractivity contribution >= 4 is 34.6 Å². The Morgan fingerprint density at radius 3 is 2.68 bits per heavy atom. The minimum atomic E-state index is 0.527. The molecule has 2 heterocycles. The van der Waals surface area contributed by atoms with E-state index in [1.807, 2.05) is 6.07 Å². The molecule has 1 unspecified atom stereocenters. The summed E-state index contributed by atoms with van der Waals surface area (Å²) < 4.78 is 0. The second-order valence-electron chi connectivity index (χ2n) is 5.46. The molecule has 1 aromatic rings. The number of rotatable bonds is 1. The Hall–Kier alpha value is -0.640. The third-order valence-electron chi connectivity index (χ3n) is 4.25. The number of halogens is 2. The molecule has 2 fully saturated rings. The molecule has 104 valence electrons. The van der Waals surface area contributed by atoms with Crippen molar-refractivity contribution in [2.24, 2.45) is 0 Å². The Morgan fingerprint density at radius 1 is 1.05 bits per heavy atom. The summed E-state index contributed by atoms with van der Waals surface area (Å²) in [5, 5.41) is 1.11. The standard InChI is InChI=1S/C14H19Cl2N3/c15-11-7-13(17)14(8-12(11)16)19-6-5-18-4-2-1-3-10(18)9-19/h7-8,10H,1-6,9,17H2. The Kier molecular flexibility index (Phi) is 3.79. The van der Waals surface area contributed by atoms with Gasteiger partial charge in [-0.05, 0) is 31.5 Å². The van der Waals surface area contributed by atoms with Gasteiger partial charge in [0, 0.05) is 25.7 Å². The molecule has 2 saturated heterocycles. The Bertz CT molecular complexity index is 478. The van der Waals surface area contributed by atoms with Crippen LogP contribution in [0.2, 0.25) is 10.0 Å². The van der Waals surface area contributed by atoms with Crippen LogP contribution < -0.4 is 10.6 Å². The number of piperazine rings is 1. The average molecular weight is 300 g/mol. The molecule has 0 aliphatic carbocycles. The molecule has 3 rings (SSSR count). The number of nitrogen functional groups attached to an aromatic ring is 1. The van der Waals surface area contributed by atoms with Crippen LogP contribution in [0.3, 0.4) is 0 Å². The number of hydrogen-bond acceptors (Lipinski definition) is 3. The summed E-state index contributed by atoms with van der Waals surface area (Å²) in [6.07, 6.45) is 3.97. The van der Waals surface area contributed by atoms with Gasteiger partial charge in [0.05, 0.1) is 21.4 Å². The fourth-order valence-electron chi connectivity index (χ4n) is 3.20. The molecule has 0 bridgehead atoms. The Labute approximate surface area is 124 Å². The van der Waals surface area contributed by atoms with Crippen LogP contribution in [0.25, 0.3) is 0 Å². The van der Waals surface area contributed by atoms with Crippen LogP contribution in [0.5, 0.6) is 0 Å². The van der Waals surface area contributed by atoms with Crippen molar-refractivity contribution in [3.05, 3.63) is 22.2 Å². The first kappa shape index (κ1) is 13.3. The molecule has 0 aromatic heterocycles. The minimum Gasteiger partial charge on any atom is -0.397 e. The van der Waals surface area contributed by atoms with Gasteiger partial charge in [-0.1, -0.05) is 29.6 Å². The number of hydrogen-bond donors (Lipinski definition) is 1. The molecule has 3 nitrogen and oxygen atoms in total. The van der Waals surface area contributed by atoms with Crippen molar-refractivity contribution in [2.75, 3.05) is 36.8 Å². The first-order valence-electron chi connectivity index (χ1n) is 6.88. The van der Waals surface area contributed by atoms with E-state index in [0.717, 1.165) is 31.0 Å². The number of benzene rings is 1. The highest BCUT2D eigenvalue weighted by molar-refractivity contribution is 6.42. The zero-order chi connectivity index (χ0) is 13.4. The average Bonchev–Trinajstić information content (AvgIpc) is 2.42. The zero-order valence-corrected chi connectivity index (χ0v) is 12.4. The molecule has 5 heteroatoms. The lowest BCUT2D eigenvalue weighted by atomic mass is 9.99. The normalized spacial score (nSPS) is 24.3. The summed E-state index contributed by atoms with van der Waals surface area (Å²) >= 11 is 12.1. The molecule has 2 N–H and O–H groups in total. The molecule has 1 atom stereocenters. The van der Waals surface area contributed by atoms with Gasteiger partial charge in [-0.25, -0.2) is 0 Å². The van der Waals surface area contributed by atoms with Crippen LogP contribution in [0, 0.1) is 0 Å². The number of nitrogens with zero attached hydrogens (tertiary/aromatic N) is 2. The van der Waals surface area contributed by atoms with Crippen molar-refractivity contribution in [2.45, 2.75) is 25.3 Å². The largest absolute Gasteiger partial charge is 0.397 e. The fraction of sp³-hybridized carbons (Fsp3) is 0.571. The molecular weight excluding hydrogens is 281 g/mol. The van der Waals surface area contributed by atoms with Crippen molar-refractivity contribution in [1.29, 1.82) is 0 Å². The smallest absolute Gasteiger partial charge is 0.0616 e. The van der Waals surface area contributed by atoms with E-state index >= 15 is 0 Å². The third-order valence-corrected chi connectivity index (χ3v) is 4.97. The van der Waals surface area contributed by atoms with Gasteiger partial charge in [-0.2, -0.15) is 0 Å². The molecule has 0 amide bonds. The molecule has 2 aliphatic heterocycles. The van der Waals surface area contributed by atoms with Crippen LogP contribution in [0.1, 0.15) is 19.3 Å². The lowest BCUT2D eigenvalue weighted by molar-refractivity contribution is 0.133. The van der Waals surface area contributed by atoms with Gasteiger partial charge in [0.1, 0.15) is 0 Å². The van der Waals surface area contributed by atoms with Gasteiger partial charge in [0.15, 0.2) is 0 Å². The van der Waals surface area contributed by atoms with Gasteiger partial charge in [0.2, 0.25) is 0 Å². The molecule has 0 spiro atoms. The maximum Gasteiger partial charge on any atom is 0.0616 e. The van der Waals surface area contributed by atoms with Gasteiger partial charge in [-0.3, -0.25) is 4.90 Å². The number of fused-ring (bicyclic) bond motifs is 1. The van der Waals surface area contributed by atoms with Crippen LogP contribution >= 0.6 is 23.2 Å². The van der Waals surface area contributed by atoms with Crippen molar-refractivity contribution < 1.29 is 0 Å². The summed E-state index contributed by atoms with van der Waals surface area (Å²) in [5.74, 6) is 0. The predicted octanol–water partition coefficient (Wildman–Crippen LogP) is 3.25. The maximum atomic E-state index is 6.12. The second kappa shape index (κ2) is 5.39. The van der Waals surface area contributed by atoms with E-state index in [0.29, 0.717) is 16.1 Å². The van der Waals surface area contributed by atoms with Gasteiger partial charge in [0.25, 0.3) is 0 Å². The van der Waals surface area contributed by atoms with E-state index in [1.54, 1.807) is 6.07 Å². The number of nitrogens with two attached hydrogens (primary N) is 1. The second-order valence-corrected chi connectivity index (χ2v) is 6.27. The SMILES string of the molecule is Nc1cc(Cl)c(Cl)cc1N1CCN2CCCCC2C1. The molecule has 19 heavy (non-hydrogen) atoms. The van der Waals surface area contributed by atoms with E-state index in [9.17, 15) is 0 Å². The van der Waals surface area contributed by atoms with Gasteiger partial charge >= 0.3 is 0 Å². The third kappa shape index (κ3) is 2.64. The molecular formula is C14H19Cl2N3. The number of anilines is 2. The summed E-state index contributed by atoms with van der Waals surface area (Å²) in [5.41, 5.74) is 7.84. The summed E-state index contributed by atoms with van der Waals surface area (Å²) in [7, 11) is 0. The number of piperidine rings is 1. The van der Waals surface area contributed by atoms with E-state index < -0.39 is 0 Å². The highest BCUT2D eigenvalue weighted by Crippen LogP contribution is 2.34. The zero-order valence-electron chi connectivity index (χ0n) is 10.9. The predicted molar refractivity (Wildman–Crippen MR) is 82.3 cm³/mol. The fourth-order valence-corrected chi connectivity index (χ4v) is 3.53. The van der Waals surface area contributed by atoms with E-state index in [4.69, 9.17) is 28.9 Å². The first-order chi connectivity index (χ1) is 9.15. The summed E-state index contributed by atoms with van der Waals surface area (Å²) in [6.45, 7) is 4.42. The van der Waals surface area contributed by atoms with Crippen LogP contribution in [-0.2, 0) is 0 Å².